The Balaban J connectivity index is 1.37. The zero-order valence-electron chi connectivity index (χ0n) is 18.0. The van der Waals surface area contributed by atoms with E-state index in [1.165, 1.54) is 5.56 Å². The van der Waals surface area contributed by atoms with Crippen LogP contribution in [-0.4, -0.2) is 28.9 Å². The first-order valence-electron chi connectivity index (χ1n) is 10.8. The van der Waals surface area contributed by atoms with Crippen molar-refractivity contribution in [3.63, 3.8) is 0 Å². The van der Waals surface area contributed by atoms with Crippen LogP contribution in [0.2, 0.25) is 5.02 Å². The van der Waals surface area contributed by atoms with Gasteiger partial charge in [0.2, 0.25) is 11.8 Å². The van der Waals surface area contributed by atoms with Crippen LogP contribution in [0.25, 0.3) is 11.5 Å². The number of hydrogen-bond donors (Lipinski definition) is 1. The number of carbonyl (C=O) groups excluding carboxylic acids is 1. The molecule has 3 aromatic rings. The van der Waals surface area contributed by atoms with E-state index in [9.17, 15) is 4.79 Å². The summed E-state index contributed by atoms with van der Waals surface area (Å²) in [5.41, 5.74) is 4.04. The standard InChI is InChI=1S/C25H28ClN3O2/c1-17-7-5-9-19(13-17)25-28-23(18(2)31-25)16-29-12-6-10-21(15-29)24(30)27-14-20-8-3-4-11-22(20)26/h3-5,7-9,11,13,21H,6,10,12,14-16H2,1-2H3,(H,27,30). The molecule has 0 spiro atoms. The first-order valence-corrected chi connectivity index (χ1v) is 11.1. The van der Waals surface area contributed by atoms with Gasteiger partial charge in [-0.05, 0) is 57.0 Å². The number of halogens is 1. The molecule has 1 aliphatic rings. The van der Waals surface area contributed by atoms with E-state index in [-0.39, 0.29) is 11.8 Å². The Hall–Kier alpha value is -2.63. The fourth-order valence-electron chi connectivity index (χ4n) is 4.07. The molecule has 5 nitrogen and oxygen atoms in total. The molecule has 1 saturated heterocycles. The molecule has 162 valence electrons. The molecule has 1 aliphatic heterocycles. The highest BCUT2D eigenvalue weighted by Gasteiger charge is 2.27. The third kappa shape index (κ3) is 5.35. The summed E-state index contributed by atoms with van der Waals surface area (Å²) in [6.45, 7) is 6.84. The first-order chi connectivity index (χ1) is 15.0. The molecule has 0 radical (unpaired) electrons. The van der Waals surface area contributed by atoms with Crippen molar-refractivity contribution in [2.45, 2.75) is 39.8 Å². The van der Waals surface area contributed by atoms with E-state index in [1.54, 1.807) is 0 Å². The highest BCUT2D eigenvalue weighted by Crippen LogP contribution is 2.25. The number of nitrogens with zero attached hydrogens (tertiary/aromatic N) is 2. The Morgan fingerprint density at radius 2 is 2.06 bits per heavy atom. The molecule has 0 saturated carbocycles. The van der Waals surface area contributed by atoms with Crippen LogP contribution in [0.4, 0.5) is 0 Å². The average molecular weight is 438 g/mol. The van der Waals surface area contributed by atoms with Gasteiger partial charge >= 0.3 is 0 Å². The summed E-state index contributed by atoms with van der Waals surface area (Å²) in [5, 5.41) is 3.73. The number of aromatic nitrogens is 1. The largest absolute Gasteiger partial charge is 0.441 e. The summed E-state index contributed by atoms with van der Waals surface area (Å²) >= 11 is 6.20. The summed E-state index contributed by atoms with van der Waals surface area (Å²) in [6, 6.07) is 15.8. The maximum Gasteiger partial charge on any atom is 0.226 e. The third-order valence-corrected chi connectivity index (χ3v) is 6.19. The van der Waals surface area contributed by atoms with Gasteiger partial charge in [0.05, 0.1) is 11.6 Å². The van der Waals surface area contributed by atoms with E-state index in [0.29, 0.717) is 24.0 Å². The molecular formula is C25H28ClN3O2. The second-order valence-electron chi connectivity index (χ2n) is 8.27. The van der Waals surface area contributed by atoms with Crippen LogP contribution in [0, 0.1) is 19.8 Å². The number of oxazole rings is 1. The van der Waals surface area contributed by atoms with Gasteiger partial charge in [0.25, 0.3) is 0 Å². The number of aryl methyl sites for hydroxylation is 2. The van der Waals surface area contributed by atoms with Crippen molar-refractivity contribution in [1.82, 2.24) is 15.2 Å². The van der Waals surface area contributed by atoms with Crippen molar-refractivity contribution in [3.8, 4) is 11.5 Å². The van der Waals surface area contributed by atoms with Gasteiger partial charge in [-0.3, -0.25) is 9.69 Å². The molecule has 1 unspecified atom stereocenters. The van der Waals surface area contributed by atoms with Crippen LogP contribution >= 0.6 is 11.6 Å². The number of likely N-dealkylation sites (tertiary alicyclic amines) is 1. The number of amides is 1. The number of carbonyl (C=O) groups is 1. The Bertz CT molecular complexity index is 1060. The lowest BCUT2D eigenvalue weighted by atomic mass is 9.97. The number of benzene rings is 2. The third-order valence-electron chi connectivity index (χ3n) is 5.82. The van der Waals surface area contributed by atoms with Gasteiger partial charge in [0.1, 0.15) is 5.76 Å². The van der Waals surface area contributed by atoms with E-state index in [1.807, 2.05) is 43.3 Å². The summed E-state index contributed by atoms with van der Waals surface area (Å²) < 4.78 is 5.94. The fraction of sp³-hybridized carbons (Fsp3) is 0.360. The number of nitrogens with one attached hydrogen (secondary N) is 1. The summed E-state index contributed by atoms with van der Waals surface area (Å²) in [7, 11) is 0. The SMILES string of the molecule is Cc1cccc(-c2nc(CN3CCCC(C(=O)NCc4ccccc4Cl)C3)c(C)o2)c1. The fourth-order valence-corrected chi connectivity index (χ4v) is 4.27. The molecule has 4 rings (SSSR count). The molecule has 1 atom stereocenters. The number of piperidine rings is 1. The van der Waals surface area contributed by atoms with Crippen LogP contribution in [0.5, 0.6) is 0 Å². The Morgan fingerprint density at radius 3 is 2.87 bits per heavy atom. The average Bonchev–Trinajstić information content (AvgIpc) is 3.13. The van der Waals surface area contributed by atoms with Gasteiger partial charge in [-0.25, -0.2) is 4.98 Å². The van der Waals surface area contributed by atoms with E-state index in [2.05, 4.69) is 29.3 Å². The van der Waals surface area contributed by atoms with Crippen molar-refractivity contribution >= 4 is 17.5 Å². The Kier molecular flexibility index (Phi) is 6.73. The summed E-state index contributed by atoms with van der Waals surface area (Å²) in [5.74, 6) is 1.55. The van der Waals surface area contributed by atoms with Gasteiger partial charge in [-0.1, -0.05) is 47.5 Å². The zero-order valence-corrected chi connectivity index (χ0v) is 18.8. The van der Waals surface area contributed by atoms with E-state index >= 15 is 0 Å². The van der Waals surface area contributed by atoms with Gasteiger partial charge in [-0.2, -0.15) is 0 Å². The van der Waals surface area contributed by atoms with Crippen LogP contribution in [0.3, 0.4) is 0 Å². The molecule has 1 fully saturated rings. The van der Waals surface area contributed by atoms with Crippen LogP contribution in [0.1, 0.15) is 35.4 Å². The van der Waals surface area contributed by atoms with Crippen molar-refractivity contribution in [2.75, 3.05) is 13.1 Å². The van der Waals surface area contributed by atoms with Crippen LogP contribution in [0.15, 0.2) is 52.9 Å². The topological polar surface area (TPSA) is 58.4 Å². The number of rotatable bonds is 6. The highest BCUT2D eigenvalue weighted by molar-refractivity contribution is 6.31. The molecule has 0 aliphatic carbocycles. The van der Waals surface area contributed by atoms with Gasteiger partial charge in [0, 0.05) is 30.2 Å². The van der Waals surface area contributed by atoms with E-state index in [4.69, 9.17) is 21.0 Å². The van der Waals surface area contributed by atoms with Crippen LogP contribution in [-0.2, 0) is 17.9 Å². The molecule has 31 heavy (non-hydrogen) atoms. The second kappa shape index (κ2) is 9.67. The smallest absolute Gasteiger partial charge is 0.226 e. The monoisotopic (exact) mass is 437 g/mol. The van der Waals surface area contributed by atoms with Crippen molar-refractivity contribution in [3.05, 3.63) is 76.1 Å². The molecule has 1 aromatic heterocycles. The molecule has 2 heterocycles. The second-order valence-corrected chi connectivity index (χ2v) is 8.68. The molecule has 2 aromatic carbocycles. The van der Waals surface area contributed by atoms with Gasteiger partial charge in [0.15, 0.2) is 0 Å². The van der Waals surface area contributed by atoms with E-state index in [0.717, 1.165) is 48.5 Å². The first kappa shape index (κ1) is 21.6. The molecular weight excluding hydrogens is 410 g/mol. The lowest BCUT2D eigenvalue weighted by Gasteiger charge is -2.31. The van der Waals surface area contributed by atoms with Crippen molar-refractivity contribution in [2.24, 2.45) is 5.92 Å². The maximum absolute atomic E-state index is 12.8. The summed E-state index contributed by atoms with van der Waals surface area (Å²) in [4.78, 5) is 19.8. The minimum atomic E-state index is -0.0281. The lowest BCUT2D eigenvalue weighted by molar-refractivity contribution is -0.127. The summed E-state index contributed by atoms with van der Waals surface area (Å²) in [6.07, 6.45) is 1.89. The minimum Gasteiger partial charge on any atom is -0.441 e. The zero-order chi connectivity index (χ0) is 21.8. The van der Waals surface area contributed by atoms with E-state index < -0.39 is 0 Å². The van der Waals surface area contributed by atoms with Gasteiger partial charge in [-0.15, -0.1) is 0 Å². The number of hydrogen-bond acceptors (Lipinski definition) is 4. The quantitative estimate of drug-likeness (QED) is 0.580. The van der Waals surface area contributed by atoms with Crippen molar-refractivity contribution < 1.29 is 9.21 Å². The predicted octanol–water partition coefficient (Wildman–Crippen LogP) is 5.14. The van der Waals surface area contributed by atoms with Crippen LogP contribution < -0.4 is 5.32 Å². The molecule has 1 N–H and O–H groups in total. The lowest BCUT2D eigenvalue weighted by Crippen LogP contribution is -2.42. The molecule has 6 heteroatoms. The maximum atomic E-state index is 12.8. The Morgan fingerprint density at radius 1 is 1.23 bits per heavy atom. The molecule has 1 amide bonds. The highest BCUT2D eigenvalue weighted by atomic mass is 35.5. The predicted molar refractivity (Wildman–Crippen MR) is 123 cm³/mol. The Labute approximate surface area is 188 Å². The normalized spacial score (nSPS) is 16.9. The van der Waals surface area contributed by atoms with Gasteiger partial charge < -0.3 is 9.73 Å². The molecule has 0 bridgehead atoms. The minimum absolute atomic E-state index is 0.0281. The van der Waals surface area contributed by atoms with Crippen molar-refractivity contribution in [1.29, 1.82) is 0 Å².